The third-order valence-corrected chi connectivity index (χ3v) is 9.14. The van der Waals surface area contributed by atoms with E-state index >= 15 is 0 Å². The lowest BCUT2D eigenvalue weighted by atomic mass is 10.1. The average molecular weight is 635 g/mol. The molecule has 0 saturated carbocycles. The number of carbonyl (C=O) groups excluding carboxylic acids is 3. The van der Waals surface area contributed by atoms with Crippen molar-refractivity contribution in [2.24, 2.45) is 0 Å². The molecule has 44 heavy (non-hydrogen) atoms. The highest BCUT2D eigenvalue weighted by Crippen LogP contribution is 2.28. The number of carbonyl (C=O) groups is 3. The molecule has 2 fully saturated rings. The number of likely N-dealkylation sites (N-methyl/N-ethyl adjacent to an activating group) is 1. The first kappa shape index (κ1) is 33.1. The summed E-state index contributed by atoms with van der Waals surface area (Å²) in [7, 11) is -3.89. The molecule has 0 spiro atoms. The standard InChI is InChI=1S/C28H42N8O7S/c1-7-20-22(23(33-32-20)25(38)30-18-16-35(17-18)27(39)43-28(4,5)6)24(37)31-21-14-19(15-29-26(21)42-9-3)44(40,41)36-12-10-34(8-2)11-13-36/h14-15,18H,7-13,16-17H2,1-6H3,(H,30,38)(H,31,37)(H,32,33). The summed E-state index contributed by atoms with van der Waals surface area (Å²) < 4.78 is 39.2. The minimum atomic E-state index is -3.89. The molecule has 0 aromatic carbocycles. The van der Waals surface area contributed by atoms with Crippen molar-refractivity contribution >= 4 is 33.6 Å². The third kappa shape index (κ3) is 7.47. The maximum absolute atomic E-state index is 13.6. The van der Waals surface area contributed by atoms with Crippen molar-refractivity contribution in [1.82, 2.24) is 34.6 Å². The van der Waals surface area contributed by atoms with Crippen LogP contribution in [-0.4, -0.2) is 120 Å². The predicted molar refractivity (Wildman–Crippen MR) is 161 cm³/mol. The van der Waals surface area contributed by atoms with Crippen LogP contribution in [0.4, 0.5) is 10.5 Å². The number of nitrogens with zero attached hydrogens (tertiary/aromatic N) is 5. The average Bonchev–Trinajstić information content (AvgIpc) is 3.39. The Morgan fingerprint density at radius 1 is 1.07 bits per heavy atom. The molecule has 0 atom stereocenters. The summed E-state index contributed by atoms with van der Waals surface area (Å²) in [5, 5.41) is 12.4. The number of likely N-dealkylation sites (tertiary alicyclic amines) is 1. The highest BCUT2D eigenvalue weighted by Gasteiger charge is 2.36. The van der Waals surface area contributed by atoms with E-state index in [1.807, 2.05) is 6.92 Å². The lowest BCUT2D eigenvalue weighted by molar-refractivity contribution is 0.00530. The molecule has 0 aliphatic carbocycles. The number of sulfonamides is 1. The molecule has 15 nitrogen and oxygen atoms in total. The molecule has 3 amide bonds. The van der Waals surface area contributed by atoms with Gasteiger partial charge in [-0.3, -0.25) is 14.7 Å². The second kappa shape index (κ2) is 13.5. The van der Waals surface area contributed by atoms with Crippen LogP contribution in [0.3, 0.4) is 0 Å². The second-order valence-electron chi connectivity index (χ2n) is 11.6. The zero-order chi connectivity index (χ0) is 32.2. The summed E-state index contributed by atoms with van der Waals surface area (Å²) in [5.74, 6) is -1.23. The van der Waals surface area contributed by atoms with Crippen LogP contribution in [-0.2, 0) is 21.2 Å². The number of pyridine rings is 1. The van der Waals surface area contributed by atoms with E-state index < -0.39 is 33.5 Å². The Bertz CT molecular complexity index is 1470. The van der Waals surface area contributed by atoms with E-state index in [9.17, 15) is 22.8 Å². The van der Waals surface area contributed by atoms with Gasteiger partial charge in [-0.2, -0.15) is 9.40 Å². The first-order valence-corrected chi connectivity index (χ1v) is 16.2. The zero-order valence-corrected chi connectivity index (χ0v) is 26.9. The Morgan fingerprint density at radius 3 is 2.34 bits per heavy atom. The van der Waals surface area contributed by atoms with Crippen LogP contribution < -0.4 is 15.4 Å². The van der Waals surface area contributed by atoms with Gasteiger partial charge < -0.3 is 29.9 Å². The molecule has 4 heterocycles. The molecule has 0 unspecified atom stereocenters. The number of ether oxygens (including phenoxy) is 2. The number of rotatable bonds is 10. The molecular formula is C28H42N8O7S. The fourth-order valence-electron chi connectivity index (χ4n) is 4.88. The Labute approximate surface area is 257 Å². The van der Waals surface area contributed by atoms with Crippen molar-refractivity contribution in [3.05, 3.63) is 29.2 Å². The summed E-state index contributed by atoms with van der Waals surface area (Å²) in [5.41, 5.74) is -0.282. The van der Waals surface area contributed by atoms with E-state index in [2.05, 4.69) is 30.7 Å². The SMILES string of the molecule is CCOc1ncc(S(=O)(=O)N2CCN(CC)CC2)cc1NC(=O)c1c(C(=O)NC2CN(C(=O)OC(C)(C)C)C2)n[nH]c1CC. The molecule has 2 aliphatic rings. The maximum Gasteiger partial charge on any atom is 0.410 e. The molecule has 2 aromatic heterocycles. The summed E-state index contributed by atoms with van der Waals surface area (Å²) in [6.45, 7) is 14.4. The van der Waals surface area contributed by atoms with E-state index in [0.29, 0.717) is 38.3 Å². The molecule has 2 aliphatic heterocycles. The first-order chi connectivity index (χ1) is 20.8. The van der Waals surface area contributed by atoms with Crippen LogP contribution in [0.15, 0.2) is 17.2 Å². The normalized spacial score (nSPS) is 16.7. The second-order valence-corrected chi connectivity index (χ2v) is 13.5. The number of anilines is 1. The fraction of sp³-hybridized carbons (Fsp3) is 0.607. The maximum atomic E-state index is 13.6. The number of aromatic nitrogens is 3. The van der Waals surface area contributed by atoms with Gasteiger partial charge in [0.1, 0.15) is 16.2 Å². The number of aromatic amines is 1. The molecule has 0 radical (unpaired) electrons. The minimum Gasteiger partial charge on any atom is -0.476 e. The lowest BCUT2D eigenvalue weighted by Crippen LogP contribution is -2.61. The number of hydrogen-bond acceptors (Lipinski definition) is 10. The Morgan fingerprint density at radius 2 is 1.75 bits per heavy atom. The smallest absolute Gasteiger partial charge is 0.410 e. The van der Waals surface area contributed by atoms with E-state index in [0.717, 1.165) is 6.54 Å². The van der Waals surface area contributed by atoms with Gasteiger partial charge in [0.15, 0.2) is 5.69 Å². The number of piperazine rings is 1. The van der Waals surface area contributed by atoms with E-state index in [4.69, 9.17) is 9.47 Å². The Balaban J connectivity index is 1.51. The monoisotopic (exact) mass is 634 g/mol. The highest BCUT2D eigenvalue weighted by molar-refractivity contribution is 7.89. The van der Waals surface area contributed by atoms with Crippen molar-refractivity contribution < 1.29 is 32.3 Å². The van der Waals surface area contributed by atoms with Crippen LogP contribution in [0.2, 0.25) is 0 Å². The summed E-state index contributed by atoms with van der Waals surface area (Å²) >= 11 is 0. The Hall–Kier alpha value is -3.76. The van der Waals surface area contributed by atoms with E-state index in [1.54, 1.807) is 34.6 Å². The highest BCUT2D eigenvalue weighted by atomic mass is 32.2. The van der Waals surface area contributed by atoms with E-state index in [1.165, 1.54) is 21.5 Å². The van der Waals surface area contributed by atoms with Gasteiger partial charge in [0.25, 0.3) is 11.8 Å². The van der Waals surface area contributed by atoms with Gasteiger partial charge in [0.05, 0.1) is 24.4 Å². The van der Waals surface area contributed by atoms with Crippen LogP contribution in [0.5, 0.6) is 5.88 Å². The summed E-state index contributed by atoms with van der Waals surface area (Å²) in [4.78, 5) is 46.8. The van der Waals surface area contributed by atoms with Crippen LogP contribution >= 0.6 is 0 Å². The number of aryl methyl sites for hydroxylation is 1. The van der Waals surface area contributed by atoms with Gasteiger partial charge in [-0.05, 0) is 46.7 Å². The quantitative estimate of drug-likeness (QED) is 0.348. The number of hydrogen-bond donors (Lipinski definition) is 3. The molecule has 2 saturated heterocycles. The number of amides is 3. The van der Waals surface area contributed by atoms with Gasteiger partial charge in [-0.25, -0.2) is 18.2 Å². The largest absolute Gasteiger partial charge is 0.476 e. The van der Waals surface area contributed by atoms with Crippen LogP contribution in [0.25, 0.3) is 0 Å². The number of H-pyrrole nitrogens is 1. The fourth-order valence-corrected chi connectivity index (χ4v) is 6.27. The number of nitrogens with one attached hydrogen (secondary N) is 3. The van der Waals surface area contributed by atoms with Crippen molar-refractivity contribution in [2.45, 2.75) is 64.5 Å². The molecular weight excluding hydrogens is 592 g/mol. The van der Waals surface area contributed by atoms with E-state index in [-0.39, 0.29) is 53.5 Å². The topological polar surface area (TPSA) is 179 Å². The van der Waals surface area contributed by atoms with Gasteiger partial charge in [0.2, 0.25) is 15.9 Å². The predicted octanol–water partition coefficient (Wildman–Crippen LogP) is 1.69. The first-order valence-electron chi connectivity index (χ1n) is 14.8. The third-order valence-electron chi connectivity index (χ3n) is 7.28. The molecule has 16 heteroatoms. The molecule has 3 N–H and O–H groups in total. The molecule has 0 bridgehead atoms. The summed E-state index contributed by atoms with van der Waals surface area (Å²) in [6, 6.07) is 0.977. The van der Waals surface area contributed by atoms with Crippen molar-refractivity contribution in [3.8, 4) is 5.88 Å². The van der Waals surface area contributed by atoms with Gasteiger partial charge in [-0.1, -0.05) is 13.8 Å². The molecule has 2 aromatic rings. The molecule has 242 valence electrons. The lowest BCUT2D eigenvalue weighted by Gasteiger charge is -2.39. The van der Waals surface area contributed by atoms with Gasteiger partial charge >= 0.3 is 6.09 Å². The van der Waals surface area contributed by atoms with Crippen molar-refractivity contribution in [3.63, 3.8) is 0 Å². The summed E-state index contributed by atoms with van der Waals surface area (Å²) in [6.07, 6.45) is 1.12. The minimum absolute atomic E-state index is 0.0136. The van der Waals surface area contributed by atoms with Crippen molar-refractivity contribution in [1.29, 1.82) is 0 Å². The van der Waals surface area contributed by atoms with Gasteiger partial charge in [0, 0.05) is 45.0 Å². The van der Waals surface area contributed by atoms with Crippen molar-refractivity contribution in [2.75, 3.05) is 57.7 Å². The van der Waals surface area contributed by atoms with Crippen LogP contribution in [0, 0.1) is 0 Å². The molecule has 4 rings (SSSR count). The Kier molecular flexibility index (Phi) is 10.2. The van der Waals surface area contributed by atoms with Crippen LogP contribution in [0.1, 0.15) is 68.1 Å². The zero-order valence-electron chi connectivity index (χ0n) is 26.1. The van der Waals surface area contributed by atoms with Gasteiger partial charge in [-0.15, -0.1) is 0 Å².